The van der Waals surface area contributed by atoms with Gasteiger partial charge < -0.3 is 15.8 Å². The number of aryl methyl sites for hydroxylation is 1. The Hall–Kier alpha value is -2.97. The molecule has 1 atom stereocenters. The van der Waals surface area contributed by atoms with Crippen LogP contribution < -0.4 is 11.1 Å². The van der Waals surface area contributed by atoms with Crippen LogP contribution in [0.2, 0.25) is 0 Å². The van der Waals surface area contributed by atoms with Gasteiger partial charge in [-0.15, -0.1) is 22.7 Å². The van der Waals surface area contributed by atoms with Gasteiger partial charge in [0.05, 0.1) is 5.56 Å². The Morgan fingerprint density at radius 3 is 2.39 bits per heavy atom. The van der Waals surface area contributed by atoms with Gasteiger partial charge in [-0.2, -0.15) is 0 Å². The first-order valence-corrected chi connectivity index (χ1v) is 10.2. The Morgan fingerprint density at radius 1 is 1.04 bits per heavy atom. The predicted molar refractivity (Wildman–Crippen MR) is 111 cm³/mol. The van der Waals surface area contributed by atoms with Crippen LogP contribution in [-0.4, -0.2) is 23.9 Å². The molecule has 8 heteroatoms. The molecular formula is C20H18N2O4S2. The summed E-state index contributed by atoms with van der Waals surface area (Å²) in [4.78, 5) is 36.7. The van der Waals surface area contributed by atoms with Crippen molar-refractivity contribution in [3.8, 4) is 11.1 Å². The Kier molecular flexibility index (Phi) is 5.91. The molecule has 0 bridgehead atoms. The van der Waals surface area contributed by atoms with Crippen molar-refractivity contribution < 1.29 is 19.1 Å². The smallest absolute Gasteiger partial charge is 0.349 e. The monoisotopic (exact) mass is 414 g/mol. The number of carbonyl (C=O) groups is 3. The third kappa shape index (κ3) is 4.29. The largest absolute Gasteiger partial charge is 0.448 e. The zero-order chi connectivity index (χ0) is 20.3. The van der Waals surface area contributed by atoms with E-state index in [1.807, 2.05) is 37.3 Å². The number of esters is 1. The molecule has 2 heterocycles. The van der Waals surface area contributed by atoms with E-state index < -0.39 is 23.9 Å². The molecular weight excluding hydrogens is 396 g/mol. The standard InChI is InChI=1S/C20H18N2O4S2/c1-11-3-5-13(6-4-11)14-7-9-27-16(14)20(25)26-12(2)18(24)22-19-15(17(21)23)8-10-28-19/h3-10,12H,1-2H3,(H2,21,23)(H,22,24)/t12-/m0/s1. The van der Waals surface area contributed by atoms with E-state index in [0.29, 0.717) is 9.88 Å². The lowest BCUT2D eigenvalue weighted by Crippen LogP contribution is -2.30. The molecule has 0 aliphatic rings. The summed E-state index contributed by atoms with van der Waals surface area (Å²) in [6.45, 7) is 3.47. The maximum absolute atomic E-state index is 12.6. The molecule has 3 N–H and O–H groups in total. The molecule has 0 aliphatic carbocycles. The first-order chi connectivity index (χ1) is 13.4. The molecule has 0 radical (unpaired) electrons. The van der Waals surface area contributed by atoms with E-state index in [0.717, 1.165) is 16.7 Å². The molecule has 3 rings (SSSR count). The lowest BCUT2D eigenvalue weighted by molar-refractivity contribution is -0.123. The zero-order valence-electron chi connectivity index (χ0n) is 15.2. The number of ether oxygens (including phenoxy) is 1. The van der Waals surface area contributed by atoms with Crippen LogP contribution in [0.5, 0.6) is 0 Å². The van der Waals surface area contributed by atoms with Gasteiger partial charge in [-0.25, -0.2) is 4.79 Å². The highest BCUT2D eigenvalue weighted by molar-refractivity contribution is 7.14. The molecule has 0 aliphatic heterocycles. The normalized spacial score (nSPS) is 11.6. The average molecular weight is 415 g/mol. The SMILES string of the molecule is Cc1ccc(-c2ccsc2C(=O)O[C@@H](C)C(=O)Nc2sccc2C(N)=O)cc1. The highest BCUT2D eigenvalue weighted by atomic mass is 32.1. The lowest BCUT2D eigenvalue weighted by Gasteiger charge is -2.13. The van der Waals surface area contributed by atoms with Crippen molar-refractivity contribution >= 4 is 45.5 Å². The third-order valence-electron chi connectivity index (χ3n) is 4.03. The summed E-state index contributed by atoms with van der Waals surface area (Å²) in [5.74, 6) is -1.75. The van der Waals surface area contributed by atoms with Crippen molar-refractivity contribution in [2.75, 3.05) is 5.32 Å². The number of anilines is 1. The Morgan fingerprint density at radius 2 is 1.71 bits per heavy atom. The van der Waals surface area contributed by atoms with Crippen molar-refractivity contribution in [2.45, 2.75) is 20.0 Å². The summed E-state index contributed by atoms with van der Waals surface area (Å²) in [5.41, 5.74) is 8.28. The maximum atomic E-state index is 12.6. The summed E-state index contributed by atoms with van der Waals surface area (Å²) < 4.78 is 5.34. The van der Waals surface area contributed by atoms with Gasteiger partial charge in [0, 0.05) is 5.56 Å². The average Bonchev–Trinajstić information content (AvgIpc) is 3.31. The predicted octanol–water partition coefficient (Wildman–Crippen LogP) is 4.07. The zero-order valence-corrected chi connectivity index (χ0v) is 16.9. The fraction of sp³-hybridized carbons (Fsp3) is 0.150. The van der Waals surface area contributed by atoms with Crippen LogP contribution in [-0.2, 0) is 9.53 Å². The first-order valence-electron chi connectivity index (χ1n) is 8.40. The van der Waals surface area contributed by atoms with Crippen LogP contribution in [0.15, 0.2) is 47.2 Å². The number of amides is 2. The van der Waals surface area contributed by atoms with E-state index in [1.165, 1.54) is 35.7 Å². The van der Waals surface area contributed by atoms with Crippen LogP contribution in [0, 0.1) is 6.92 Å². The van der Waals surface area contributed by atoms with Crippen LogP contribution >= 0.6 is 22.7 Å². The van der Waals surface area contributed by atoms with Gasteiger partial charge in [0.25, 0.3) is 11.8 Å². The van der Waals surface area contributed by atoms with Crippen molar-refractivity contribution in [3.63, 3.8) is 0 Å². The summed E-state index contributed by atoms with van der Waals surface area (Å²) in [5, 5.41) is 6.36. The van der Waals surface area contributed by atoms with Gasteiger partial charge in [0.15, 0.2) is 6.10 Å². The topological polar surface area (TPSA) is 98.5 Å². The molecule has 0 saturated carbocycles. The second-order valence-electron chi connectivity index (χ2n) is 6.09. The molecule has 0 spiro atoms. The third-order valence-corrected chi connectivity index (χ3v) is 5.76. The lowest BCUT2D eigenvalue weighted by atomic mass is 10.1. The molecule has 3 aromatic rings. The van der Waals surface area contributed by atoms with Gasteiger partial charge in [0.1, 0.15) is 9.88 Å². The molecule has 28 heavy (non-hydrogen) atoms. The van der Waals surface area contributed by atoms with Crippen LogP contribution in [0.4, 0.5) is 5.00 Å². The van der Waals surface area contributed by atoms with Crippen LogP contribution in [0.3, 0.4) is 0 Å². The molecule has 2 aromatic heterocycles. The highest BCUT2D eigenvalue weighted by Gasteiger charge is 2.23. The van der Waals surface area contributed by atoms with Crippen molar-refractivity contribution in [1.82, 2.24) is 0 Å². The molecule has 0 unspecified atom stereocenters. The van der Waals surface area contributed by atoms with Crippen LogP contribution in [0.25, 0.3) is 11.1 Å². The number of thiophene rings is 2. The van der Waals surface area contributed by atoms with Gasteiger partial charge in [-0.05, 0) is 42.3 Å². The molecule has 144 valence electrons. The minimum absolute atomic E-state index is 0.219. The van der Waals surface area contributed by atoms with E-state index in [2.05, 4.69) is 5.32 Å². The molecule has 2 amide bonds. The highest BCUT2D eigenvalue weighted by Crippen LogP contribution is 2.30. The summed E-state index contributed by atoms with van der Waals surface area (Å²) in [7, 11) is 0. The minimum Gasteiger partial charge on any atom is -0.448 e. The number of nitrogens with two attached hydrogens (primary N) is 1. The Bertz CT molecular complexity index is 1020. The van der Waals surface area contributed by atoms with Crippen LogP contribution in [0.1, 0.15) is 32.5 Å². The summed E-state index contributed by atoms with van der Waals surface area (Å²) in [6, 6.07) is 11.2. The van der Waals surface area contributed by atoms with Crippen molar-refractivity contribution in [2.24, 2.45) is 5.73 Å². The second kappa shape index (κ2) is 8.37. The molecule has 0 fully saturated rings. The molecule has 0 saturated heterocycles. The van der Waals surface area contributed by atoms with Crippen molar-refractivity contribution in [3.05, 3.63) is 63.2 Å². The maximum Gasteiger partial charge on any atom is 0.349 e. The van der Waals surface area contributed by atoms with E-state index in [-0.39, 0.29) is 5.56 Å². The summed E-state index contributed by atoms with van der Waals surface area (Å²) >= 11 is 2.43. The van der Waals surface area contributed by atoms with E-state index in [1.54, 1.807) is 10.8 Å². The Labute approximate surface area is 170 Å². The number of carbonyl (C=O) groups excluding carboxylic acids is 3. The minimum atomic E-state index is -1.04. The van der Waals surface area contributed by atoms with Gasteiger partial charge in [0.2, 0.25) is 0 Å². The second-order valence-corrected chi connectivity index (χ2v) is 7.93. The number of hydrogen-bond donors (Lipinski definition) is 2. The van der Waals surface area contributed by atoms with Gasteiger partial charge in [-0.1, -0.05) is 29.8 Å². The fourth-order valence-electron chi connectivity index (χ4n) is 2.51. The van der Waals surface area contributed by atoms with Gasteiger partial charge >= 0.3 is 5.97 Å². The molecule has 6 nitrogen and oxygen atoms in total. The Balaban J connectivity index is 1.70. The number of primary amides is 1. The van der Waals surface area contributed by atoms with E-state index in [4.69, 9.17) is 10.5 Å². The van der Waals surface area contributed by atoms with Crippen molar-refractivity contribution in [1.29, 1.82) is 0 Å². The number of nitrogens with one attached hydrogen (secondary N) is 1. The van der Waals surface area contributed by atoms with E-state index in [9.17, 15) is 14.4 Å². The first kappa shape index (κ1) is 19.8. The van der Waals surface area contributed by atoms with Gasteiger partial charge in [-0.3, -0.25) is 9.59 Å². The summed E-state index contributed by atoms with van der Waals surface area (Å²) in [6.07, 6.45) is -1.04. The molecule has 1 aromatic carbocycles. The number of hydrogen-bond acceptors (Lipinski definition) is 6. The quantitative estimate of drug-likeness (QED) is 0.594. The van der Waals surface area contributed by atoms with E-state index >= 15 is 0 Å². The fourth-order valence-corrected chi connectivity index (χ4v) is 4.10. The number of benzene rings is 1. The number of rotatable bonds is 6.